The topological polar surface area (TPSA) is 77.4 Å². The van der Waals surface area contributed by atoms with Crippen LogP contribution in [0.5, 0.6) is 0 Å². The molecule has 0 atom stereocenters. The van der Waals surface area contributed by atoms with Gasteiger partial charge in [0.2, 0.25) is 0 Å². The van der Waals surface area contributed by atoms with Crippen molar-refractivity contribution in [2.24, 2.45) is 0 Å². The van der Waals surface area contributed by atoms with Gasteiger partial charge in [-0.25, -0.2) is 0 Å². The highest BCUT2D eigenvalue weighted by Crippen LogP contribution is 2.30. The van der Waals surface area contributed by atoms with Crippen molar-refractivity contribution in [3.63, 3.8) is 0 Å². The number of hydrogen-bond acceptors (Lipinski definition) is 4. The van der Waals surface area contributed by atoms with Crippen LogP contribution in [0.15, 0.2) is 30.5 Å². The molecular formula is C12H11F3N2O4S. The number of ether oxygens (including phenoxy) is 1. The van der Waals surface area contributed by atoms with Gasteiger partial charge in [-0.3, -0.25) is 9.52 Å². The summed E-state index contributed by atoms with van der Waals surface area (Å²) >= 11 is 0. The third kappa shape index (κ3) is 3.01. The van der Waals surface area contributed by atoms with Crippen LogP contribution in [0.4, 0.5) is 18.9 Å². The zero-order valence-corrected chi connectivity index (χ0v) is 12.0. The van der Waals surface area contributed by atoms with Gasteiger partial charge < -0.3 is 9.30 Å². The van der Waals surface area contributed by atoms with Crippen molar-refractivity contribution >= 4 is 32.6 Å². The van der Waals surface area contributed by atoms with Gasteiger partial charge in [-0.15, -0.1) is 0 Å². The van der Waals surface area contributed by atoms with E-state index >= 15 is 0 Å². The number of methoxy groups -OCH3 is 1. The van der Waals surface area contributed by atoms with E-state index in [1.165, 1.54) is 40.8 Å². The molecule has 0 unspecified atom stereocenters. The molecule has 1 heterocycles. The number of rotatable bonds is 4. The number of sulfonamides is 1. The molecule has 10 heteroatoms. The van der Waals surface area contributed by atoms with Crippen molar-refractivity contribution in [1.29, 1.82) is 0 Å². The maximum atomic E-state index is 12.4. The average Bonchev–Trinajstić information content (AvgIpc) is 2.81. The summed E-state index contributed by atoms with van der Waals surface area (Å²) in [6.45, 7) is -0.143. The van der Waals surface area contributed by atoms with Crippen LogP contribution in [0.25, 0.3) is 10.9 Å². The Morgan fingerprint density at radius 2 is 2.00 bits per heavy atom. The Bertz CT molecular complexity index is 811. The molecule has 120 valence electrons. The van der Waals surface area contributed by atoms with Crippen molar-refractivity contribution in [2.75, 3.05) is 11.8 Å². The molecule has 0 saturated carbocycles. The van der Waals surface area contributed by atoms with Crippen molar-refractivity contribution in [3.8, 4) is 0 Å². The Labute approximate surface area is 123 Å². The van der Waals surface area contributed by atoms with E-state index in [4.69, 9.17) is 0 Å². The minimum Gasteiger partial charge on any atom is -0.468 e. The van der Waals surface area contributed by atoms with Gasteiger partial charge in [0.25, 0.3) is 0 Å². The van der Waals surface area contributed by atoms with E-state index < -0.39 is 21.5 Å². The molecule has 0 fully saturated rings. The third-order valence-electron chi connectivity index (χ3n) is 2.89. The summed E-state index contributed by atoms with van der Waals surface area (Å²) in [4.78, 5) is 11.3. The first-order chi connectivity index (χ1) is 10.2. The van der Waals surface area contributed by atoms with Gasteiger partial charge in [0.05, 0.1) is 18.3 Å². The molecule has 0 aliphatic carbocycles. The monoisotopic (exact) mass is 336 g/mol. The van der Waals surface area contributed by atoms with Crippen molar-refractivity contribution in [1.82, 2.24) is 4.57 Å². The summed E-state index contributed by atoms with van der Waals surface area (Å²) in [5, 5.41) is 0.235. The number of esters is 1. The molecule has 22 heavy (non-hydrogen) atoms. The summed E-state index contributed by atoms with van der Waals surface area (Å²) in [5.41, 5.74) is -5.24. The van der Waals surface area contributed by atoms with Crippen LogP contribution >= 0.6 is 0 Å². The number of fused-ring (bicyclic) bond motifs is 1. The van der Waals surface area contributed by atoms with Crippen LogP contribution in [-0.2, 0) is 26.1 Å². The molecule has 1 aromatic heterocycles. The molecule has 0 spiro atoms. The number of carbonyl (C=O) groups excluding carboxylic acids is 1. The minimum atomic E-state index is -5.51. The van der Waals surface area contributed by atoms with Gasteiger partial charge in [0.15, 0.2) is 0 Å². The van der Waals surface area contributed by atoms with E-state index in [0.717, 1.165) is 0 Å². The second-order valence-electron chi connectivity index (χ2n) is 4.31. The third-order valence-corrected chi connectivity index (χ3v) is 3.99. The number of benzene rings is 1. The second kappa shape index (κ2) is 5.52. The lowest BCUT2D eigenvalue weighted by Crippen LogP contribution is -2.29. The lowest BCUT2D eigenvalue weighted by atomic mass is 10.2. The highest BCUT2D eigenvalue weighted by atomic mass is 32.2. The predicted molar refractivity (Wildman–Crippen MR) is 72.6 cm³/mol. The van der Waals surface area contributed by atoms with Crippen molar-refractivity contribution in [3.05, 3.63) is 30.5 Å². The summed E-state index contributed by atoms with van der Waals surface area (Å²) in [6, 6.07) is 5.54. The molecule has 0 aliphatic heterocycles. The zero-order chi connectivity index (χ0) is 16.5. The van der Waals surface area contributed by atoms with Crippen LogP contribution in [0.3, 0.4) is 0 Å². The normalized spacial score (nSPS) is 12.4. The smallest absolute Gasteiger partial charge is 0.468 e. The number of aromatic nitrogens is 1. The summed E-state index contributed by atoms with van der Waals surface area (Å²) < 4.78 is 67.1. The molecular weight excluding hydrogens is 325 g/mol. The maximum absolute atomic E-state index is 12.4. The number of hydrogen-bond donors (Lipinski definition) is 1. The lowest BCUT2D eigenvalue weighted by Gasteiger charge is -2.11. The fourth-order valence-electron chi connectivity index (χ4n) is 1.86. The van der Waals surface area contributed by atoms with Crippen LogP contribution in [0.1, 0.15) is 0 Å². The van der Waals surface area contributed by atoms with Crippen LogP contribution in [0, 0.1) is 0 Å². The van der Waals surface area contributed by atoms with E-state index in [9.17, 15) is 26.4 Å². The number of alkyl halides is 3. The standard InChI is InChI=1S/C12H11F3N2O4S/c1-21-11(18)7-17-6-5-8-9(3-2-4-10(8)17)16-22(19,20)12(13,14)15/h2-6,16H,7H2,1H3. The summed E-state index contributed by atoms with van der Waals surface area (Å²) in [5.74, 6) is -0.543. The summed E-state index contributed by atoms with van der Waals surface area (Å²) in [6.07, 6.45) is 1.45. The fraction of sp³-hybridized carbons (Fsp3) is 0.250. The number of halogens is 3. The number of nitrogens with zero attached hydrogens (tertiary/aromatic N) is 1. The molecule has 0 bridgehead atoms. The Balaban J connectivity index is 2.43. The van der Waals surface area contributed by atoms with Gasteiger partial charge in [0.1, 0.15) is 6.54 Å². The van der Waals surface area contributed by atoms with Gasteiger partial charge in [0, 0.05) is 11.6 Å². The van der Waals surface area contributed by atoms with Gasteiger partial charge in [-0.2, -0.15) is 21.6 Å². The van der Waals surface area contributed by atoms with Gasteiger partial charge in [-0.05, 0) is 18.2 Å². The molecule has 6 nitrogen and oxygen atoms in total. The molecule has 1 aromatic carbocycles. The first-order valence-electron chi connectivity index (χ1n) is 5.89. The maximum Gasteiger partial charge on any atom is 0.516 e. The lowest BCUT2D eigenvalue weighted by molar-refractivity contribution is -0.141. The quantitative estimate of drug-likeness (QED) is 0.867. The van der Waals surface area contributed by atoms with Crippen molar-refractivity contribution in [2.45, 2.75) is 12.1 Å². The fourth-order valence-corrected chi connectivity index (χ4v) is 2.44. The van der Waals surface area contributed by atoms with E-state index in [-0.39, 0.29) is 17.6 Å². The van der Waals surface area contributed by atoms with Crippen LogP contribution < -0.4 is 4.72 Å². The number of carbonyl (C=O) groups is 1. The van der Waals surface area contributed by atoms with E-state index in [1.54, 1.807) is 6.07 Å². The molecule has 2 aromatic rings. The zero-order valence-electron chi connectivity index (χ0n) is 11.2. The molecule has 0 amide bonds. The SMILES string of the molecule is COC(=O)Cn1ccc2c(NS(=O)(=O)C(F)(F)F)cccc21. The number of anilines is 1. The highest BCUT2D eigenvalue weighted by molar-refractivity contribution is 7.93. The van der Waals surface area contributed by atoms with Crippen molar-refractivity contribution < 1.29 is 31.1 Å². The summed E-state index contributed by atoms with van der Waals surface area (Å²) in [7, 11) is -4.31. The second-order valence-corrected chi connectivity index (χ2v) is 5.98. The predicted octanol–water partition coefficient (Wildman–Crippen LogP) is 2.08. The Hall–Kier alpha value is -2.23. The Kier molecular flexibility index (Phi) is 4.05. The molecule has 2 rings (SSSR count). The van der Waals surface area contributed by atoms with Crippen LogP contribution in [-0.4, -0.2) is 31.6 Å². The molecule has 0 radical (unpaired) electrons. The largest absolute Gasteiger partial charge is 0.516 e. The van der Waals surface area contributed by atoms with E-state index in [1.807, 2.05) is 0 Å². The molecule has 1 N–H and O–H groups in total. The first-order valence-corrected chi connectivity index (χ1v) is 7.38. The Morgan fingerprint density at radius 3 is 2.59 bits per heavy atom. The first kappa shape index (κ1) is 16.1. The van der Waals surface area contributed by atoms with E-state index in [0.29, 0.717) is 5.52 Å². The minimum absolute atomic E-state index is 0.143. The number of nitrogens with one attached hydrogen (secondary N) is 1. The average molecular weight is 336 g/mol. The molecule has 0 aliphatic rings. The highest BCUT2D eigenvalue weighted by Gasteiger charge is 2.46. The van der Waals surface area contributed by atoms with Crippen LogP contribution in [0.2, 0.25) is 0 Å². The van der Waals surface area contributed by atoms with Gasteiger partial charge in [-0.1, -0.05) is 6.07 Å². The Morgan fingerprint density at radius 1 is 1.32 bits per heavy atom. The van der Waals surface area contributed by atoms with E-state index in [2.05, 4.69) is 4.74 Å². The van der Waals surface area contributed by atoms with Gasteiger partial charge >= 0.3 is 21.5 Å². The molecule has 0 saturated heterocycles.